The molecule has 0 aliphatic carbocycles. The molecule has 1 heterocycles. The number of nitrogens with zero attached hydrogens (tertiary/aromatic N) is 2. The van der Waals surface area contributed by atoms with E-state index in [-0.39, 0.29) is 0 Å². The summed E-state index contributed by atoms with van der Waals surface area (Å²) in [5.41, 5.74) is 7.23. The maximum absolute atomic E-state index is 5.90. The fourth-order valence-electron chi connectivity index (χ4n) is 2.63. The molecule has 1 unspecified atom stereocenters. The summed E-state index contributed by atoms with van der Waals surface area (Å²) in [7, 11) is 2.17. The molecule has 1 fully saturated rings. The van der Waals surface area contributed by atoms with Crippen molar-refractivity contribution in [2.24, 2.45) is 5.73 Å². The number of rotatable bonds is 6. The van der Waals surface area contributed by atoms with Crippen LogP contribution in [0.2, 0.25) is 0 Å². The number of benzene rings is 1. The van der Waals surface area contributed by atoms with Crippen LogP contribution in [0.25, 0.3) is 0 Å². The first-order valence-electron chi connectivity index (χ1n) is 7.57. The van der Waals surface area contributed by atoms with Crippen molar-refractivity contribution in [2.75, 3.05) is 39.8 Å². The van der Waals surface area contributed by atoms with Crippen LogP contribution in [0.5, 0.6) is 5.75 Å². The highest BCUT2D eigenvalue weighted by molar-refractivity contribution is 5.27. The molecule has 1 saturated heterocycles. The third-order valence-electron chi connectivity index (χ3n) is 3.86. The molecule has 0 aromatic heterocycles. The van der Waals surface area contributed by atoms with Crippen LogP contribution in [0.4, 0.5) is 0 Å². The van der Waals surface area contributed by atoms with E-state index in [0.29, 0.717) is 6.04 Å². The van der Waals surface area contributed by atoms with E-state index in [2.05, 4.69) is 48.0 Å². The highest BCUT2D eigenvalue weighted by atomic mass is 16.5. The molecule has 0 spiro atoms. The van der Waals surface area contributed by atoms with Crippen molar-refractivity contribution in [3.8, 4) is 5.75 Å². The van der Waals surface area contributed by atoms with Gasteiger partial charge in [-0.05, 0) is 31.2 Å². The fourth-order valence-corrected chi connectivity index (χ4v) is 2.63. The van der Waals surface area contributed by atoms with Gasteiger partial charge in [0.05, 0.1) is 6.61 Å². The maximum Gasteiger partial charge on any atom is 0.119 e. The van der Waals surface area contributed by atoms with Gasteiger partial charge in [0.25, 0.3) is 0 Å². The minimum Gasteiger partial charge on any atom is -0.494 e. The first-order chi connectivity index (χ1) is 9.72. The first-order valence-corrected chi connectivity index (χ1v) is 7.57. The average molecular weight is 277 g/mol. The molecule has 0 saturated carbocycles. The Bertz CT molecular complexity index is 393. The van der Waals surface area contributed by atoms with Gasteiger partial charge in [0.1, 0.15) is 5.75 Å². The lowest BCUT2D eigenvalue weighted by atomic mass is 10.1. The standard InChI is InChI=1S/C16H27N3O/c1-3-10-20-16-6-4-14(5-7-16)12-19-9-8-18(2)13-15(19)11-17/h4-7,15H,3,8-13,17H2,1-2H3. The molecule has 1 aromatic carbocycles. The third-order valence-corrected chi connectivity index (χ3v) is 3.86. The van der Waals surface area contributed by atoms with Crippen molar-refractivity contribution in [2.45, 2.75) is 25.9 Å². The summed E-state index contributed by atoms with van der Waals surface area (Å²) in [4.78, 5) is 4.84. The zero-order valence-electron chi connectivity index (χ0n) is 12.7. The molecule has 1 aliphatic rings. The minimum atomic E-state index is 0.463. The lowest BCUT2D eigenvalue weighted by Gasteiger charge is -2.39. The number of nitrogens with two attached hydrogens (primary N) is 1. The number of hydrogen-bond acceptors (Lipinski definition) is 4. The van der Waals surface area contributed by atoms with E-state index in [0.717, 1.165) is 51.5 Å². The Balaban J connectivity index is 1.91. The Morgan fingerprint density at radius 1 is 1.25 bits per heavy atom. The summed E-state index contributed by atoms with van der Waals surface area (Å²) in [6.45, 7) is 7.88. The molecule has 2 rings (SSSR count). The van der Waals surface area contributed by atoms with Gasteiger partial charge >= 0.3 is 0 Å². The van der Waals surface area contributed by atoms with Crippen LogP contribution in [-0.2, 0) is 6.54 Å². The normalized spacial score (nSPS) is 21.1. The van der Waals surface area contributed by atoms with Crippen LogP contribution in [-0.4, -0.2) is 55.7 Å². The molecule has 2 N–H and O–H groups in total. The van der Waals surface area contributed by atoms with Crippen molar-refractivity contribution in [1.82, 2.24) is 9.80 Å². The SMILES string of the molecule is CCCOc1ccc(CN2CCN(C)CC2CN)cc1. The molecule has 0 radical (unpaired) electrons. The Morgan fingerprint density at radius 3 is 2.65 bits per heavy atom. The van der Waals surface area contributed by atoms with E-state index in [1.807, 2.05) is 0 Å². The van der Waals surface area contributed by atoms with Gasteiger partial charge in [-0.1, -0.05) is 19.1 Å². The van der Waals surface area contributed by atoms with E-state index in [9.17, 15) is 0 Å². The molecule has 0 bridgehead atoms. The predicted molar refractivity (Wildman–Crippen MR) is 83.0 cm³/mol. The van der Waals surface area contributed by atoms with E-state index >= 15 is 0 Å². The van der Waals surface area contributed by atoms with Gasteiger partial charge in [-0.25, -0.2) is 0 Å². The van der Waals surface area contributed by atoms with Crippen LogP contribution in [0.3, 0.4) is 0 Å². The summed E-state index contributed by atoms with van der Waals surface area (Å²) in [5.74, 6) is 0.962. The molecular weight excluding hydrogens is 250 g/mol. The fraction of sp³-hybridized carbons (Fsp3) is 0.625. The molecule has 1 aromatic rings. The van der Waals surface area contributed by atoms with Gasteiger partial charge in [0.2, 0.25) is 0 Å². The van der Waals surface area contributed by atoms with Crippen LogP contribution in [0.15, 0.2) is 24.3 Å². The van der Waals surface area contributed by atoms with Gasteiger partial charge in [0.15, 0.2) is 0 Å². The highest BCUT2D eigenvalue weighted by Crippen LogP contribution is 2.16. The molecule has 20 heavy (non-hydrogen) atoms. The second kappa shape index (κ2) is 7.62. The van der Waals surface area contributed by atoms with Gasteiger partial charge in [-0.3, -0.25) is 4.90 Å². The van der Waals surface area contributed by atoms with E-state index in [1.54, 1.807) is 0 Å². The molecular formula is C16H27N3O. The summed E-state index contributed by atoms with van der Waals surface area (Å²) in [6, 6.07) is 8.93. The van der Waals surface area contributed by atoms with Gasteiger partial charge in [0, 0.05) is 38.8 Å². The quantitative estimate of drug-likeness (QED) is 0.856. The maximum atomic E-state index is 5.90. The average Bonchev–Trinajstić information content (AvgIpc) is 2.48. The second-order valence-corrected chi connectivity index (χ2v) is 5.61. The van der Waals surface area contributed by atoms with Gasteiger partial charge < -0.3 is 15.4 Å². The Hall–Kier alpha value is -1.10. The summed E-state index contributed by atoms with van der Waals surface area (Å²) < 4.78 is 5.62. The lowest BCUT2D eigenvalue weighted by Crippen LogP contribution is -2.54. The molecule has 1 aliphatic heterocycles. The molecule has 4 heteroatoms. The summed E-state index contributed by atoms with van der Waals surface area (Å²) >= 11 is 0. The topological polar surface area (TPSA) is 41.7 Å². The van der Waals surface area contributed by atoms with Crippen LogP contribution < -0.4 is 10.5 Å². The predicted octanol–water partition coefficient (Wildman–Crippen LogP) is 1.55. The monoisotopic (exact) mass is 277 g/mol. The van der Waals surface area contributed by atoms with Crippen molar-refractivity contribution >= 4 is 0 Å². The second-order valence-electron chi connectivity index (χ2n) is 5.61. The van der Waals surface area contributed by atoms with Crippen LogP contribution >= 0.6 is 0 Å². The van der Waals surface area contributed by atoms with Crippen molar-refractivity contribution in [3.63, 3.8) is 0 Å². The van der Waals surface area contributed by atoms with E-state index in [1.165, 1.54) is 5.56 Å². The minimum absolute atomic E-state index is 0.463. The zero-order valence-corrected chi connectivity index (χ0v) is 12.7. The number of piperazine rings is 1. The van der Waals surface area contributed by atoms with Crippen molar-refractivity contribution in [1.29, 1.82) is 0 Å². The zero-order chi connectivity index (χ0) is 14.4. The Morgan fingerprint density at radius 2 is 2.00 bits per heavy atom. The van der Waals surface area contributed by atoms with Crippen molar-refractivity contribution in [3.05, 3.63) is 29.8 Å². The largest absolute Gasteiger partial charge is 0.494 e. The highest BCUT2D eigenvalue weighted by Gasteiger charge is 2.23. The molecule has 4 nitrogen and oxygen atoms in total. The summed E-state index contributed by atoms with van der Waals surface area (Å²) in [5, 5.41) is 0. The van der Waals surface area contributed by atoms with Crippen molar-refractivity contribution < 1.29 is 4.74 Å². The van der Waals surface area contributed by atoms with E-state index in [4.69, 9.17) is 10.5 Å². The number of likely N-dealkylation sites (N-methyl/N-ethyl adjacent to an activating group) is 1. The lowest BCUT2D eigenvalue weighted by molar-refractivity contribution is 0.0881. The number of hydrogen-bond donors (Lipinski definition) is 1. The Labute approximate surface area is 122 Å². The molecule has 112 valence electrons. The Kier molecular flexibility index (Phi) is 5.83. The van der Waals surface area contributed by atoms with E-state index < -0.39 is 0 Å². The third kappa shape index (κ3) is 4.20. The van der Waals surface area contributed by atoms with Gasteiger partial charge in [-0.15, -0.1) is 0 Å². The van der Waals surface area contributed by atoms with Crippen LogP contribution in [0.1, 0.15) is 18.9 Å². The first kappa shape index (κ1) is 15.3. The smallest absolute Gasteiger partial charge is 0.119 e. The van der Waals surface area contributed by atoms with Gasteiger partial charge in [-0.2, -0.15) is 0 Å². The van der Waals surface area contributed by atoms with Crippen LogP contribution in [0, 0.1) is 0 Å². The molecule has 0 amide bonds. The summed E-state index contributed by atoms with van der Waals surface area (Å²) in [6.07, 6.45) is 1.04. The number of ether oxygens (including phenoxy) is 1. The molecule has 1 atom stereocenters.